The first-order chi connectivity index (χ1) is 12.5. The van der Waals surface area contributed by atoms with Gasteiger partial charge in [0.05, 0.1) is 11.8 Å². The summed E-state index contributed by atoms with van der Waals surface area (Å²) < 4.78 is 1.93. The van der Waals surface area contributed by atoms with Crippen LogP contribution in [0.3, 0.4) is 0 Å². The number of hydrogen-bond acceptors (Lipinski definition) is 3. The minimum absolute atomic E-state index is 0. The van der Waals surface area contributed by atoms with E-state index in [1.165, 1.54) is 11.3 Å². The van der Waals surface area contributed by atoms with Crippen molar-refractivity contribution in [2.24, 2.45) is 12.0 Å². The van der Waals surface area contributed by atoms with Gasteiger partial charge < -0.3 is 15.7 Å². The van der Waals surface area contributed by atoms with Crippen LogP contribution in [0.5, 0.6) is 0 Å². The molecule has 6 nitrogen and oxygen atoms in total. The largest absolute Gasteiger partial charge is 0.388 e. The number of halogens is 1. The quantitative estimate of drug-likeness (QED) is 0.306. The van der Waals surface area contributed by atoms with Crippen molar-refractivity contribution >= 4 is 29.9 Å². The second-order valence-corrected chi connectivity index (χ2v) is 6.43. The molecule has 2 rings (SSSR count). The van der Waals surface area contributed by atoms with Crippen LogP contribution in [0.15, 0.2) is 35.3 Å². The number of nitrogens with one attached hydrogen (secondary N) is 2. The Hall–Kier alpha value is -1.61. The molecule has 1 unspecified atom stereocenters. The van der Waals surface area contributed by atoms with Crippen molar-refractivity contribution in [1.82, 2.24) is 20.4 Å². The average molecular weight is 485 g/mol. The minimum Gasteiger partial charge on any atom is -0.388 e. The summed E-state index contributed by atoms with van der Waals surface area (Å²) in [5, 5.41) is 21.3. The summed E-state index contributed by atoms with van der Waals surface area (Å²) in [6.07, 6.45) is 1.02. The van der Waals surface area contributed by atoms with Gasteiger partial charge in [0.2, 0.25) is 0 Å². The molecule has 0 bridgehead atoms. The second-order valence-electron chi connectivity index (χ2n) is 6.43. The van der Waals surface area contributed by atoms with Crippen LogP contribution in [0, 0.1) is 13.8 Å². The molecule has 0 amide bonds. The lowest BCUT2D eigenvalue weighted by atomic mass is 10.1. The Morgan fingerprint density at radius 2 is 1.93 bits per heavy atom. The Labute approximate surface area is 179 Å². The van der Waals surface area contributed by atoms with Crippen molar-refractivity contribution in [3.05, 3.63) is 52.8 Å². The van der Waals surface area contributed by atoms with Crippen LogP contribution in [-0.4, -0.2) is 40.5 Å². The maximum atomic E-state index is 10.2. The number of aromatic nitrogens is 2. The standard InChI is InChI=1S/C20H31N5O.HI/c1-5-21-20(22-13-11-18-15(2)24-25(4)16(18)3)23-14-12-19(26)17-9-7-6-8-10-17;/h6-10,19,26H,5,11-14H2,1-4H3,(H2,21,22,23);1H. The van der Waals surface area contributed by atoms with Crippen molar-refractivity contribution in [3.63, 3.8) is 0 Å². The number of hydrogen-bond donors (Lipinski definition) is 3. The lowest BCUT2D eigenvalue weighted by Crippen LogP contribution is -2.38. The van der Waals surface area contributed by atoms with Gasteiger partial charge in [-0.3, -0.25) is 9.67 Å². The van der Waals surface area contributed by atoms with Gasteiger partial charge in [0.25, 0.3) is 0 Å². The molecule has 0 aliphatic heterocycles. The van der Waals surface area contributed by atoms with Crippen LogP contribution in [0.1, 0.15) is 42.0 Å². The summed E-state index contributed by atoms with van der Waals surface area (Å²) in [5.74, 6) is 0.784. The highest BCUT2D eigenvalue weighted by Gasteiger charge is 2.09. The van der Waals surface area contributed by atoms with Gasteiger partial charge in [-0.2, -0.15) is 5.10 Å². The summed E-state index contributed by atoms with van der Waals surface area (Å²) in [6.45, 7) is 8.35. The van der Waals surface area contributed by atoms with Crippen molar-refractivity contribution in [1.29, 1.82) is 0 Å². The van der Waals surface area contributed by atoms with Crippen molar-refractivity contribution in [2.75, 3.05) is 19.6 Å². The van der Waals surface area contributed by atoms with Crippen LogP contribution in [0.2, 0.25) is 0 Å². The fraction of sp³-hybridized carbons (Fsp3) is 0.500. The van der Waals surface area contributed by atoms with Crippen molar-refractivity contribution in [3.8, 4) is 0 Å². The summed E-state index contributed by atoms with van der Waals surface area (Å²) in [7, 11) is 1.98. The highest BCUT2D eigenvalue weighted by atomic mass is 127. The smallest absolute Gasteiger partial charge is 0.191 e. The van der Waals surface area contributed by atoms with E-state index in [0.29, 0.717) is 13.0 Å². The predicted molar refractivity (Wildman–Crippen MR) is 122 cm³/mol. The van der Waals surface area contributed by atoms with Crippen LogP contribution < -0.4 is 10.6 Å². The van der Waals surface area contributed by atoms with Gasteiger partial charge in [-0.05, 0) is 44.7 Å². The number of guanidine groups is 1. The zero-order valence-corrected chi connectivity index (χ0v) is 19.0. The molecular weight excluding hydrogens is 453 g/mol. The third-order valence-corrected chi connectivity index (χ3v) is 4.53. The molecule has 3 N–H and O–H groups in total. The Bertz CT molecular complexity index is 715. The monoisotopic (exact) mass is 485 g/mol. The van der Waals surface area contributed by atoms with Gasteiger partial charge in [-0.25, -0.2) is 0 Å². The number of rotatable bonds is 8. The summed E-state index contributed by atoms with van der Waals surface area (Å²) >= 11 is 0. The normalized spacial score (nSPS) is 12.4. The molecule has 0 aliphatic rings. The summed E-state index contributed by atoms with van der Waals surface area (Å²) in [6, 6.07) is 9.71. The first-order valence-corrected chi connectivity index (χ1v) is 9.27. The van der Waals surface area contributed by atoms with E-state index in [0.717, 1.165) is 36.7 Å². The Kier molecular flexibility index (Phi) is 10.4. The fourth-order valence-corrected chi connectivity index (χ4v) is 2.97. The van der Waals surface area contributed by atoms with Crippen molar-refractivity contribution in [2.45, 2.75) is 39.7 Å². The van der Waals surface area contributed by atoms with Gasteiger partial charge in [0, 0.05) is 32.4 Å². The van der Waals surface area contributed by atoms with Gasteiger partial charge in [-0.1, -0.05) is 30.3 Å². The molecule has 0 saturated heterocycles. The highest BCUT2D eigenvalue weighted by molar-refractivity contribution is 14.0. The van der Waals surface area contributed by atoms with Gasteiger partial charge in [0.1, 0.15) is 0 Å². The van der Waals surface area contributed by atoms with Crippen LogP contribution in [0.4, 0.5) is 0 Å². The summed E-state index contributed by atoms with van der Waals surface area (Å²) in [4.78, 5) is 4.57. The van der Waals surface area contributed by atoms with Crippen LogP contribution in [-0.2, 0) is 13.5 Å². The van der Waals surface area contributed by atoms with Gasteiger partial charge >= 0.3 is 0 Å². The fourth-order valence-electron chi connectivity index (χ4n) is 2.97. The molecule has 1 atom stereocenters. The topological polar surface area (TPSA) is 74.5 Å². The molecule has 0 aliphatic carbocycles. The van der Waals surface area contributed by atoms with E-state index < -0.39 is 6.10 Å². The number of aryl methyl sites for hydroxylation is 2. The molecule has 2 aromatic rings. The molecule has 0 fully saturated rings. The zero-order chi connectivity index (χ0) is 18.9. The molecule has 1 heterocycles. The molecule has 0 spiro atoms. The van der Waals surface area contributed by atoms with E-state index >= 15 is 0 Å². The lowest BCUT2D eigenvalue weighted by molar-refractivity contribution is 0.170. The number of nitrogens with zero attached hydrogens (tertiary/aromatic N) is 3. The third kappa shape index (κ3) is 7.14. The Morgan fingerprint density at radius 3 is 2.52 bits per heavy atom. The SMILES string of the molecule is CCNC(=NCCC(O)c1ccccc1)NCCc1c(C)nn(C)c1C.I. The molecule has 0 saturated carbocycles. The molecule has 150 valence electrons. The molecule has 1 aromatic carbocycles. The first-order valence-electron chi connectivity index (χ1n) is 9.27. The van der Waals surface area contributed by atoms with Gasteiger partial charge in [0.15, 0.2) is 5.96 Å². The van der Waals surface area contributed by atoms with Gasteiger partial charge in [-0.15, -0.1) is 24.0 Å². The molecule has 1 aromatic heterocycles. The number of benzene rings is 1. The van der Waals surface area contributed by atoms with E-state index in [4.69, 9.17) is 0 Å². The van der Waals surface area contributed by atoms with E-state index in [9.17, 15) is 5.11 Å². The average Bonchev–Trinajstić information content (AvgIpc) is 2.88. The maximum absolute atomic E-state index is 10.2. The Balaban J connectivity index is 0.00000364. The maximum Gasteiger partial charge on any atom is 0.191 e. The minimum atomic E-state index is -0.483. The molecule has 7 heteroatoms. The van der Waals surface area contributed by atoms with E-state index in [1.807, 2.05) is 55.9 Å². The first kappa shape index (κ1) is 23.4. The van der Waals surface area contributed by atoms with Crippen LogP contribution in [0.25, 0.3) is 0 Å². The van der Waals surface area contributed by atoms with E-state index in [2.05, 4.69) is 27.6 Å². The van der Waals surface area contributed by atoms with E-state index in [-0.39, 0.29) is 24.0 Å². The number of aliphatic hydroxyl groups is 1. The van der Waals surface area contributed by atoms with E-state index in [1.54, 1.807) is 0 Å². The number of aliphatic imine (C=N–C) groups is 1. The molecular formula is C20H32IN5O. The zero-order valence-electron chi connectivity index (χ0n) is 16.7. The predicted octanol–water partition coefficient (Wildman–Crippen LogP) is 2.88. The Morgan fingerprint density at radius 1 is 1.22 bits per heavy atom. The third-order valence-electron chi connectivity index (χ3n) is 4.53. The lowest BCUT2D eigenvalue weighted by Gasteiger charge is -2.13. The number of aliphatic hydroxyl groups excluding tert-OH is 1. The van der Waals surface area contributed by atoms with Crippen molar-refractivity contribution < 1.29 is 5.11 Å². The molecule has 27 heavy (non-hydrogen) atoms. The summed E-state index contributed by atoms with van der Waals surface area (Å²) in [5.41, 5.74) is 4.51. The van der Waals surface area contributed by atoms with Crippen LogP contribution >= 0.6 is 24.0 Å². The highest BCUT2D eigenvalue weighted by Crippen LogP contribution is 2.15. The second kappa shape index (κ2) is 12.0. The molecule has 0 radical (unpaired) electrons.